The molecule has 1 saturated heterocycles. The number of ether oxygens (including phenoxy) is 1. The molecule has 0 aliphatic carbocycles. The first-order valence-corrected chi connectivity index (χ1v) is 6.24. The number of aromatic nitrogens is 1. The Hall–Kier alpha value is -1.29. The molecule has 92 valence electrons. The Morgan fingerprint density at radius 3 is 3.06 bits per heavy atom. The van der Waals surface area contributed by atoms with Crippen LogP contribution in [0.15, 0.2) is 6.07 Å². The van der Waals surface area contributed by atoms with Crippen molar-refractivity contribution in [1.29, 1.82) is 0 Å². The van der Waals surface area contributed by atoms with Gasteiger partial charge in [0.05, 0.1) is 12.8 Å². The SMILES string of the molecule is COc1cc2c(nc1C)N1[C@@H](CNC[C@H]1C)C2. The maximum Gasteiger partial charge on any atom is 0.140 e. The lowest BCUT2D eigenvalue weighted by Gasteiger charge is -2.37. The third-order valence-corrected chi connectivity index (χ3v) is 3.83. The van der Waals surface area contributed by atoms with Crippen molar-refractivity contribution >= 4 is 5.82 Å². The summed E-state index contributed by atoms with van der Waals surface area (Å²) in [6.07, 6.45) is 1.08. The van der Waals surface area contributed by atoms with Gasteiger partial charge >= 0.3 is 0 Å². The number of hydrogen-bond donors (Lipinski definition) is 1. The van der Waals surface area contributed by atoms with Crippen molar-refractivity contribution in [3.8, 4) is 5.75 Å². The Kier molecular flexibility index (Phi) is 2.47. The summed E-state index contributed by atoms with van der Waals surface area (Å²) >= 11 is 0. The summed E-state index contributed by atoms with van der Waals surface area (Å²) < 4.78 is 5.35. The van der Waals surface area contributed by atoms with E-state index in [0.29, 0.717) is 12.1 Å². The number of fused-ring (bicyclic) bond motifs is 3. The highest BCUT2D eigenvalue weighted by atomic mass is 16.5. The molecule has 0 bridgehead atoms. The molecule has 4 heteroatoms. The largest absolute Gasteiger partial charge is 0.495 e. The van der Waals surface area contributed by atoms with Crippen LogP contribution in [-0.2, 0) is 6.42 Å². The van der Waals surface area contributed by atoms with Gasteiger partial charge in [0.25, 0.3) is 0 Å². The normalized spacial score (nSPS) is 26.6. The lowest BCUT2D eigenvalue weighted by atomic mass is 10.1. The van der Waals surface area contributed by atoms with Crippen LogP contribution in [0.4, 0.5) is 5.82 Å². The summed E-state index contributed by atoms with van der Waals surface area (Å²) in [6.45, 7) is 6.37. The highest BCUT2D eigenvalue weighted by molar-refractivity contribution is 5.58. The molecule has 0 unspecified atom stereocenters. The van der Waals surface area contributed by atoms with E-state index in [1.807, 2.05) is 6.92 Å². The van der Waals surface area contributed by atoms with Crippen molar-refractivity contribution in [3.63, 3.8) is 0 Å². The molecule has 3 rings (SSSR count). The Morgan fingerprint density at radius 1 is 1.47 bits per heavy atom. The molecule has 0 aromatic carbocycles. The number of hydrogen-bond acceptors (Lipinski definition) is 4. The van der Waals surface area contributed by atoms with E-state index in [2.05, 4.69) is 23.2 Å². The van der Waals surface area contributed by atoms with Gasteiger partial charge in [0.15, 0.2) is 0 Å². The van der Waals surface area contributed by atoms with E-state index >= 15 is 0 Å². The van der Waals surface area contributed by atoms with E-state index in [0.717, 1.165) is 31.0 Å². The van der Waals surface area contributed by atoms with Crippen LogP contribution in [0.2, 0.25) is 0 Å². The van der Waals surface area contributed by atoms with Gasteiger partial charge in [-0.15, -0.1) is 0 Å². The first-order chi connectivity index (χ1) is 8.20. The summed E-state index contributed by atoms with van der Waals surface area (Å²) in [6, 6.07) is 3.24. The van der Waals surface area contributed by atoms with Crippen LogP contribution >= 0.6 is 0 Å². The third-order valence-electron chi connectivity index (χ3n) is 3.83. The predicted octanol–water partition coefficient (Wildman–Crippen LogP) is 1.12. The van der Waals surface area contributed by atoms with Crippen molar-refractivity contribution < 1.29 is 4.74 Å². The molecule has 0 amide bonds. The minimum atomic E-state index is 0.523. The average molecular weight is 233 g/mol. The van der Waals surface area contributed by atoms with E-state index in [4.69, 9.17) is 9.72 Å². The predicted molar refractivity (Wildman–Crippen MR) is 67.8 cm³/mol. The standard InChI is InChI=1S/C13H19N3O/c1-8-6-14-7-11-4-10-5-12(17-3)9(2)15-13(10)16(8)11/h5,8,11,14H,4,6-7H2,1-3H3/t8-,11-/m1/s1. The van der Waals surface area contributed by atoms with E-state index in [1.165, 1.54) is 11.4 Å². The summed E-state index contributed by atoms with van der Waals surface area (Å²) in [5, 5.41) is 3.48. The van der Waals surface area contributed by atoms with Crippen LogP contribution < -0.4 is 15.0 Å². The molecule has 1 aromatic rings. The van der Waals surface area contributed by atoms with Crippen molar-refractivity contribution in [3.05, 3.63) is 17.3 Å². The van der Waals surface area contributed by atoms with E-state index in [-0.39, 0.29) is 0 Å². The van der Waals surface area contributed by atoms with Crippen molar-refractivity contribution in [2.75, 3.05) is 25.1 Å². The fourth-order valence-electron chi connectivity index (χ4n) is 3.01. The number of aryl methyl sites for hydroxylation is 1. The van der Waals surface area contributed by atoms with Gasteiger partial charge < -0.3 is 15.0 Å². The van der Waals surface area contributed by atoms with Crippen LogP contribution in [0, 0.1) is 6.92 Å². The topological polar surface area (TPSA) is 37.4 Å². The number of rotatable bonds is 1. The van der Waals surface area contributed by atoms with Gasteiger partial charge in [0.1, 0.15) is 11.6 Å². The molecule has 0 spiro atoms. The number of anilines is 1. The number of nitrogens with one attached hydrogen (secondary N) is 1. The molecule has 1 N–H and O–H groups in total. The zero-order valence-corrected chi connectivity index (χ0v) is 10.7. The van der Waals surface area contributed by atoms with Crippen LogP contribution in [0.3, 0.4) is 0 Å². The fourth-order valence-corrected chi connectivity index (χ4v) is 3.01. The Labute approximate surface area is 102 Å². The van der Waals surface area contributed by atoms with Crippen LogP contribution in [0.5, 0.6) is 5.75 Å². The third kappa shape index (κ3) is 1.59. The van der Waals surface area contributed by atoms with Crippen molar-refractivity contribution in [2.45, 2.75) is 32.4 Å². The van der Waals surface area contributed by atoms with Crippen LogP contribution in [-0.4, -0.2) is 37.3 Å². The van der Waals surface area contributed by atoms with Crippen LogP contribution in [0.25, 0.3) is 0 Å². The van der Waals surface area contributed by atoms with Gasteiger partial charge in [-0.05, 0) is 26.3 Å². The molecule has 1 fully saturated rings. The Morgan fingerprint density at radius 2 is 2.29 bits per heavy atom. The minimum Gasteiger partial charge on any atom is -0.495 e. The van der Waals surface area contributed by atoms with Gasteiger partial charge in [-0.25, -0.2) is 4.98 Å². The number of piperazine rings is 1. The zero-order chi connectivity index (χ0) is 12.0. The lowest BCUT2D eigenvalue weighted by Crippen LogP contribution is -2.55. The molecule has 2 atom stereocenters. The minimum absolute atomic E-state index is 0.523. The first-order valence-electron chi connectivity index (χ1n) is 6.24. The molecule has 4 nitrogen and oxygen atoms in total. The summed E-state index contributed by atoms with van der Waals surface area (Å²) in [4.78, 5) is 7.20. The number of nitrogens with zero attached hydrogens (tertiary/aromatic N) is 2. The second-order valence-electron chi connectivity index (χ2n) is 5.03. The van der Waals surface area contributed by atoms with Gasteiger partial charge in [0.2, 0.25) is 0 Å². The number of pyridine rings is 1. The number of methoxy groups -OCH3 is 1. The second-order valence-corrected chi connectivity index (χ2v) is 5.03. The van der Waals surface area contributed by atoms with Crippen molar-refractivity contribution in [1.82, 2.24) is 10.3 Å². The van der Waals surface area contributed by atoms with Gasteiger partial charge in [-0.1, -0.05) is 0 Å². The Bertz CT molecular complexity index is 447. The first kappa shape index (κ1) is 10.8. The second kappa shape index (κ2) is 3.88. The molecule has 1 aromatic heterocycles. The average Bonchev–Trinajstić information content (AvgIpc) is 2.66. The summed E-state index contributed by atoms with van der Waals surface area (Å²) in [5.74, 6) is 2.08. The molecule has 0 saturated carbocycles. The van der Waals surface area contributed by atoms with Crippen molar-refractivity contribution in [2.24, 2.45) is 0 Å². The molecular weight excluding hydrogens is 214 g/mol. The van der Waals surface area contributed by atoms with E-state index < -0.39 is 0 Å². The molecule has 2 aliphatic rings. The molecule has 3 heterocycles. The molecule has 0 radical (unpaired) electrons. The highest BCUT2D eigenvalue weighted by Crippen LogP contribution is 2.36. The summed E-state index contributed by atoms with van der Waals surface area (Å²) in [7, 11) is 1.71. The van der Waals surface area contributed by atoms with Gasteiger partial charge in [-0.2, -0.15) is 0 Å². The quantitative estimate of drug-likeness (QED) is 0.789. The van der Waals surface area contributed by atoms with E-state index in [1.54, 1.807) is 7.11 Å². The fraction of sp³-hybridized carbons (Fsp3) is 0.615. The highest BCUT2D eigenvalue weighted by Gasteiger charge is 2.36. The lowest BCUT2D eigenvalue weighted by molar-refractivity contribution is 0.409. The molecule has 17 heavy (non-hydrogen) atoms. The summed E-state index contributed by atoms with van der Waals surface area (Å²) in [5.41, 5.74) is 2.31. The van der Waals surface area contributed by atoms with E-state index in [9.17, 15) is 0 Å². The maximum absolute atomic E-state index is 5.35. The van der Waals surface area contributed by atoms with Gasteiger partial charge in [0, 0.05) is 30.7 Å². The zero-order valence-electron chi connectivity index (χ0n) is 10.7. The molecular formula is C13H19N3O. The smallest absolute Gasteiger partial charge is 0.140 e. The monoisotopic (exact) mass is 233 g/mol. The van der Waals surface area contributed by atoms with Gasteiger partial charge in [-0.3, -0.25) is 0 Å². The maximum atomic E-state index is 5.35. The van der Waals surface area contributed by atoms with Crippen LogP contribution in [0.1, 0.15) is 18.2 Å². The Balaban J connectivity index is 2.04. The molecule has 2 aliphatic heterocycles.